The molecule has 8 nitrogen and oxygen atoms in total. The zero-order valence-corrected chi connectivity index (χ0v) is 35.6. The maximum Gasteiger partial charge on any atom is 0.306 e. The van der Waals surface area contributed by atoms with Gasteiger partial charge in [-0.15, -0.1) is 0 Å². The Balaban J connectivity index is 4.35. The van der Waals surface area contributed by atoms with E-state index in [-0.39, 0.29) is 42.7 Å². The number of likely N-dealkylation sites (N-methyl/N-ethyl adjacent to an activating group) is 1. The SMILES string of the molecule is CC/C=C\C/C=C\C/C=C\CCCCCCCCCC(=O)OC(COCCC(C(=O)[O-])[N+](C)(C)C)COC(=O)CCCCCCCCCCCCCCC. The summed E-state index contributed by atoms with van der Waals surface area (Å²) in [7, 11) is 5.40. The highest BCUT2D eigenvalue weighted by Crippen LogP contribution is 2.15. The van der Waals surface area contributed by atoms with Crippen LogP contribution in [0.2, 0.25) is 0 Å². The van der Waals surface area contributed by atoms with Gasteiger partial charge in [0.25, 0.3) is 0 Å². The molecule has 0 rings (SSSR count). The van der Waals surface area contributed by atoms with Crippen molar-refractivity contribution >= 4 is 17.9 Å². The summed E-state index contributed by atoms with van der Waals surface area (Å²) < 4.78 is 17.2. The minimum Gasteiger partial charge on any atom is -0.544 e. The van der Waals surface area contributed by atoms with Gasteiger partial charge in [0.2, 0.25) is 0 Å². The number of hydrogen-bond donors (Lipinski definition) is 0. The number of carbonyl (C=O) groups is 3. The fourth-order valence-electron chi connectivity index (χ4n) is 6.38. The summed E-state index contributed by atoms with van der Waals surface area (Å²) >= 11 is 0. The van der Waals surface area contributed by atoms with Crippen LogP contribution < -0.4 is 5.11 Å². The molecule has 0 heterocycles. The highest BCUT2D eigenvalue weighted by Gasteiger charge is 2.25. The Bertz CT molecular complexity index is 984. The summed E-state index contributed by atoms with van der Waals surface area (Å²) in [5.41, 5.74) is 0. The molecule has 2 unspecified atom stereocenters. The van der Waals surface area contributed by atoms with Crippen LogP contribution in [0.25, 0.3) is 0 Å². The summed E-state index contributed by atoms with van der Waals surface area (Å²) in [4.78, 5) is 36.8. The van der Waals surface area contributed by atoms with E-state index in [4.69, 9.17) is 14.2 Å². The van der Waals surface area contributed by atoms with Gasteiger partial charge in [-0.2, -0.15) is 0 Å². The summed E-state index contributed by atoms with van der Waals surface area (Å²) in [5, 5.41) is 11.6. The molecule has 8 heteroatoms. The van der Waals surface area contributed by atoms with Gasteiger partial charge in [-0.25, -0.2) is 0 Å². The minimum atomic E-state index is -1.13. The van der Waals surface area contributed by atoms with Crippen molar-refractivity contribution in [3.8, 4) is 0 Å². The van der Waals surface area contributed by atoms with E-state index in [0.717, 1.165) is 64.2 Å². The number of carboxylic acid groups (broad SMARTS) is 1. The fourth-order valence-corrected chi connectivity index (χ4v) is 6.38. The number of esters is 2. The number of nitrogens with zero attached hydrogens (tertiary/aromatic N) is 1. The smallest absolute Gasteiger partial charge is 0.306 e. The van der Waals surface area contributed by atoms with E-state index in [1.807, 2.05) is 0 Å². The Kier molecular flexibility index (Phi) is 35.8. The predicted molar refractivity (Wildman–Crippen MR) is 222 cm³/mol. The molecule has 0 aromatic carbocycles. The van der Waals surface area contributed by atoms with Gasteiger partial charge in [-0.1, -0.05) is 159 Å². The largest absolute Gasteiger partial charge is 0.544 e. The number of carbonyl (C=O) groups excluding carboxylic acids is 3. The maximum absolute atomic E-state index is 12.7. The molecule has 0 spiro atoms. The normalized spacial score (nSPS) is 13.3. The van der Waals surface area contributed by atoms with Crippen LogP contribution in [0.1, 0.15) is 187 Å². The van der Waals surface area contributed by atoms with Crippen molar-refractivity contribution in [3.63, 3.8) is 0 Å². The minimum absolute atomic E-state index is 0.0389. The van der Waals surface area contributed by atoms with Crippen molar-refractivity contribution in [3.05, 3.63) is 36.5 Å². The van der Waals surface area contributed by atoms with Crippen LogP contribution in [0.3, 0.4) is 0 Å². The van der Waals surface area contributed by atoms with E-state index >= 15 is 0 Å². The van der Waals surface area contributed by atoms with Gasteiger partial charge in [-0.05, 0) is 44.9 Å². The molecule has 0 saturated heterocycles. The van der Waals surface area contributed by atoms with E-state index in [1.165, 1.54) is 89.9 Å². The van der Waals surface area contributed by atoms with Crippen LogP contribution >= 0.6 is 0 Å². The van der Waals surface area contributed by atoms with Crippen LogP contribution in [-0.2, 0) is 28.6 Å². The highest BCUT2D eigenvalue weighted by molar-refractivity contribution is 5.70. The monoisotopic (exact) mass is 762 g/mol. The molecule has 2 atom stereocenters. The van der Waals surface area contributed by atoms with Crippen molar-refractivity contribution in [2.24, 2.45) is 0 Å². The summed E-state index contributed by atoms with van der Waals surface area (Å²) in [6, 6.07) is -0.725. The van der Waals surface area contributed by atoms with Gasteiger partial charge in [-0.3, -0.25) is 9.59 Å². The lowest BCUT2D eigenvalue weighted by Crippen LogP contribution is -2.55. The third-order valence-corrected chi connectivity index (χ3v) is 9.79. The standard InChI is InChI=1S/C46H83NO7/c1-6-8-10-12-14-16-18-20-21-22-23-25-27-29-31-33-35-37-45(49)54-42(40-52-39-38-43(46(50)51)47(3,4)5)41-53-44(48)36-34-32-30-28-26-24-19-17-15-13-11-9-7-2/h8,10,14,16,20-21,42-43H,6-7,9,11-13,15,17-19,22-41H2,1-5H3/b10-8-,16-14-,21-20-. The molecular formula is C46H83NO7. The molecule has 0 amide bonds. The number of rotatable bonds is 39. The van der Waals surface area contributed by atoms with Crippen molar-refractivity contribution in [2.75, 3.05) is 41.0 Å². The number of allylic oxidation sites excluding steroid dienone is 6. The topological polar surface area (TPSA) is 102 Å². The zero-order valence-electron chi connectivity index (χ0n) is 35.6. The van der Waals surface area contributed by atoms with E-state index in [0.29, 0.717) is 12.8 Å². The van der Waals surface area contributed by atoms with Crippen LogP contribution in [0, 0.1) is 0 Å². The molecule has 314 valence electrons. The molecule has 0 aliphatic carbocycles. The predicted octanol–water partition coefficient (Wildman–Crippen LogP) is 10.5. The number of hydrogen-bond acceptors (Lipinski definition) is 7. The van der Waals surface area contributed by atoms with Gasteiger partial charge >= 0.3 is 11.9 Å². The quantitative estimate of drug-likeness (QED) is 0.0266. The number of unbranched alkanes of at least 4 members (excludes halogenated alkanes) is 19. The van der Waals surface area contributed by atoms with Crippen molar-refractivity contribution in [1.82, 2.24) is 0 Å². The molecule has 0 N–H and O–H groups in total. The Labute approximate surface area is 332 Å². The van der Waals surface area contributed by atoms with Gasteiger partial charge in [0.05, 0.1) is 40.3 Å². The average molecular weight is 762 g/mol. The molecule has 0 aliphatic rings. The highest BCUT2D eigenvalue weighted by atomic mass is 16.6. The third kappa shape index (κ3) is 35.3. The molecule has 0 aromatic heterocycles. The zero-order chi connectivity index (χ0) is 40.0. The Morgan fingerprint density at radius 2 is 1.04 bits per heavy atom. The Morgan fingerprint density at radius 1 is 0.574 bits per heavy atom. The molecule has 0 radical (unpaired) electrons. The van der Waals surface area contributed by atoms with Crippen molar-refractivity contribution < 1.29 is 38.2 Å². The molecule has 0 aromatic rings. The van der Waals surface area contributed by atoms with E-state index < -0.39 is 18.1 Å². The van der Waals surface area contributed by atoms with Gasteiger partial charge in [0, 0.05) is 19.3 Å². The second-order valence-corrected chi connectivity index (χ2v) is 15.9. The number of aliphatic carboxylic acids is 1. The van der Waals surface area contributed by atoms with Crippen molar-refractivity contribution in [1.29, 1.82) is 0 Å². The summed E-state index contributed by atoms with van der Waals surface area (Å²) in [5.74, 6) is -1.74. The molecule has 0 saturated carbocycles. The molecule has 0 bridgehead atoms. The number of carboxylic acids is 1. The third-order valence-electron chi connectivity index (χ3n) is 9.79. The van der Waals surface area contributed by atoms with Crippen LogP contribution in [0.5, 0.6) is 0 Å². The maximum atomic E-state index is 12.7. The first-order valence-corrected chi connectivity index (χ1v) is 22.0. The second-order valence-electron chi connectivity index (χ2n) is 15.9. The molecule has 0 fully saturated rings. The Morgan fingerprint density at radius 3 is 1.54 bits per heavy atom. The average Bonchev–Trinajstić information content (AvgIpc) is 3.12. The lowest BCUT2D eigenvalue weighted by Gasteiger charge is -2.34. The molecule has 0 aliphatic heterocycles. The Hall–Kier alpha value is -2.45. The van der Waals surface area contributed by atoms with Crippen LogP contribution in [-0.4, -0.2) is 75.5 Å². The first-order valence-electron chi connectivity index (χ1n) is 22.0. The summed E-state index contributed by atoms with van der Waals surface area (Å²) in [6.07, 6.45) is 41.6. The fraction of sp³-hybridized carbons (Fsp3) is 0.804. The molecule has 54 heavy (non-hydrogen) atoms. The van der Waals surface area contributed by atoms with Gasteiger partial charge in [0.15, 0.2) is 6.10 Å². The van der Waals surface area contributed by atoms with Crippen molar-refractivity contribution in [2.45, 2.75) is 199 Å². The molecular weight excluding hydrogens is 679 g/mol. The number of quaternary nitrogens is 1. The number of ether oxygens (including phenoxy) is 3. The van der Waals surface area contributed by atoms with Gasteiger partial charge < -0.3 is 28.6 Å². The van der Waals surface area contributed by atoms with E-state index in [9.17, 15) is 19.5 Å². The lowest BCUT2D eigenvalue weighted by molar-refractivity contribution is -0.889. The first kappa shape index (κ1) is 51.5. The van der Waals surface area contributed by atoms with E-state index in [2.05, 4.69) is 50.3 Å². The lowest BCUT2D eigenvalue weighted by atomic mass is 10.0. The van der Waals surface area contributed by atoms with Gasteiger partial charge in [0.1, 0.15) is 12.6 Å². The summed E-state index contributed by atoms with van der Waals surface area (Å²) in [6.45, 7) is 4.55. The second kappa shape index (κ2) is 37.5. The van der Waals surface area contributed by atoms with Crippen LogP contribution in [0.15, 0.2) is 36.5 Å². The van der Waals surface area contributed by atoms with Crippen LogP contribution in [0.4, 0.5) is 0 Å². The first-order chi connectivity index (χ1) is 26.1. The van der Waals surface area contributed by atoms with E-state index in [1.54, 1.807) is 21.1 Å².